The number of nitrogens with two attached hydrogens (primary N) is 1. The maximum atomic E-state index is 13.0. The molecule has 1 aromatic heterocycles. The number of piperidine rings is 1. The summed E-state index contributed by atoms with van der Waals surface area (Å²) in [5.41, 5.74) is 8.72. The lowest BCUT2D eigenvalue weighted by Crippen LogP contribution is -2.45. The number of carbonyl (C=O) groups is 1. The Hall–Kier alpha value is -2.14. The van der Waals surface area contributed by atoms with E-state index in [1.165, 1.54) is 0 Å². The molecular formula is C19H26N4O. The van der Waals surface area contributed by atoms with Gasteiger partial charge in [0.2, 0.25) is 0 Å². The van der Waals surface area contributed by atoms with E-state index in [-0.39, 0.29) is 11.9 Å². The van der Waals surface area contributed by atoms with Gasteiger partial charge in [-0.15, -0.1) is 0 Å². The van der Waals surface area contributed by atoms with Gasteiger partial charge in [0.15, 0.2) is 0 Å². The normalized spacial score (nSPS) is 19.3. The van der Waals surface area contributed by atoms with Gasteiger partial charge in [0.05, 0.1) is 23.1 Å². The van der Waals surface area contributed by atoms with Crippen molar-refractivity contribution in [2.24, 2.45) is 11.7 Å². The summed E-state index contributed by atoms with van der Waals surface area (Å²) in [6.07, 6.45) is 4.60. The predicted octanol–water partition coefficient (Wildman–Crippen LogP) is 2.63. The molecule has 1 saturated heterocycles. The van der Waals surface area contributed by atoms with Crippen molar-refractivity contribution in [2.45, 2.75) is 39.2 Å². The van der Waals surface area contributed by atoms with Crippen LogP contribution in [0.5, 0.6) is 0 Å². The van der Waals surface area contributed by atoms with Crippen LogP contribution < -0.4 is 5.73 Å². The van der Waals surface area contributed by atoms with E-state index in [2.05, 4.69) is 12.0 Å². The third-order valence-electron chi connectivity index (χ3n) is 4.92. The molecular weight excluding hydrogens is 300 g/mol. The molecule has 2 heterocycles. The summed E-state index contributed by atoms with van der Waals surface area (Å²) in [5, 5.41) is 4.47. The Morgan fingerprint density at radius 2 is 2.12 bits per heavy atom. The van der Waals surface area contributed by atoms with E-state index in [9.17, 15) is 4.79 Å². The maximum absolute atomic E-state index is 13.0. The highest BCUT2D eigenvalue weighted by molar-refractivity contribution is 5.95. The lowest BCUT2D eigenvalue weighted by atomic mass is 9.92. The van der Waals surface area contributed by atoms with Gasteiger partial charge in [-0.25, -0.2) is 4.68 Å². The highest BCUT2D eigenvalue weighted by atomic mass is 16.2. The van der Waals surface area contributed by atoms with Crippen LogP contribution in [0.2, 0.25) is 0 Å². The Morgan fingerprint density at radius 1 is 1.38 bits per heavy atom. The molecule has 0 aliphatic carbocycles. The number of rotatable bonds is 4. The largest absolute Gasteiger partial charge is 0.338 e. The number of aromatic nitrogens is 2. The van der Waals surface area contributed by atoms with Gasteiger partial charge in [0.25, 0.3) is 5.91 Å². The molecule has 1 aromatic carbocycles. The fourth-order valence-electron chi connectivity index (χ4n) is 3.48. The van der Waals surface area contributed by atoms with Crippen molar-refractivity contribution in [1.82, 2.24) is 14.7 Å². The predicted molar refractivity (Wildman–Crippen MR) is 95.2 cm³/mol. The summed E-state index contributed by atoms with van der Waals surface area (Å²) in [5.74, 6) is 0.469. The van der Waals surface area contributed by atoms with Crippen LogP contribution >= 0.6 is 0 Å². The third-order valence-corrected chi connectivity index (χ3v) is 4.92. The molecule has 5 heteroatoms. The number of carbonyl (C=O) groups excluding carboxylic acids is 1. The molecule has 1 aliphatic rings. The molecule has 0 saturated carbocycles. The number of benzene rings is 1. The zero-order valence-electron chi connectivity index (χ0n) is 14.5. The minimum absolute atomic E-state index is 0.0828. The van der Waals surface area contributed by atoms with Gasteiger partial charge in [0.1, 0.15) is 0 Å². The van der Waals surface area contributed by atoms with Crippen molar-refractivity contribution >= 4 is 5.91 Å². The minimum Gasteiger partial charge on any atom is -0.338 e. The number of likely N-dealkylation sites (tertiary alicyclic amines) is 1. The average molecular weight is 326 g/mol. The van der Waals surface area contributed by atoms with Crippen LogP contribution in [0.4, 0.5) is 0 Å². The Kier molecular flexibility index (Phi) is 5.00. The quantitative estimate of drug-likeness (QED) is 0.939. The molecule has 0 bridgehead atoms. The summed E-state index contributed by atoms with van der Waals surface area (Å²) in [6.45, 7) is 5.65. The Bertz CT molecular complexity index is 693. The van der Waals surface area contributed by atoms with Gasteiger partial charge in [-0.3, -0.25) is 4.79 Å². The molecule has 1 aliphatic heterocycles. The molecule has 2 unspecified atom stereocenters. The molecule has 0 spiro atoms. The fourth-order valence-corrected chi connectivity index (χ4v) is 3.48. The van der Waals surface area contributed by atoms with Gasteiger partial charge in [-0.05, 0) is 44.2 Å². The Balaban J connectivity index is 1.87. The number of para-hydroxylation sites is 1. The minimum atomic E-state index is 0.0828. The fraction of sp³-hybridized carbons (Fsp3) is 0.474. The molecule has 2 N–H and O–H groups in total. The first-order chi connectivity index (χ1) is 11.6. The third kappa shape index (κ3) is 3.22. The van der Waals surface area contributed by atoms with Crippen molar-refractivity contribution in [3.8, 4) is 5.69 Å². The first-order valence-corrected chi connectivity index (χ1v) is 8.79. The van der Waals surface area contributed by atoms with E-state index in [1.807, 2.05) is 46.8 Å². The molecule has 128 valence electrons. The topological polar surface area (TPSA) is 64.2 Å². The molecule has 1 amide bonds. The smallest absolute Gasteiger partial charge is 0.257 e. The van der Waals surface area contributed by atoms with Crippen LogP contribution in [0.3, 0.4) is 0 Å². The molecule has 24 heavy (non-hydrogen) atoms. The van der Waals surface area contributed by atoms with E-state index < -0.39 is 0 Å². The molecule has 2 aromatic rings. The molecule has 2 atom stereocenters. The summed E-state index contributed by atoms with van der Waals surface area (Å²) < 4.78 is 1.88. The van der Waals surface area contributed by atoms with Gasteiger partial charge in [-0.2, -0.15) is 5.10 Å². The monoisotopic (exact) mass is 326 g/mol. The molecule has 0 radical (unpaired) electrons. The molecule has 3 rings (SSSR count). The van der Waals surface area contributed by atoms with Crippen molar-refractivity contribution in [2.75, 3.05) is 13.1 Å². The van der Waals surface area contributed by atoms with E-state index in [0.717, 1.165) is 43.7 Å². The van der Waals surface area contributed by atoms with Crippen molar-refractivity contribution in [3.63, 3.8) is 0 Å². The highest BCUT2D eigenvalue weighted by Crippen LogP contribution is 2.23. The van der Waals surface area contributed by atoms with Gasteiger partial charge < -0.3 is 10.6 Å². The lowest BCUT2D eigenvalue weighted by Gasteiger charge is -2.34. The number of hydrogen-bond donors (Lipinski definition) is 1. The van der Waals surface area contributed by atoms with Gasteiger partial charge in [-0.1, -0.05) is 25.1 Å². The van der Waals surface area contributed by atoms with Crippen molar-refractivity contribution < 1.29 is 4.79 Å². The van der Waals surface area contributed by atoms with Gasteiger partial charge in [0, 0.05) is 19.1 Å². The standard InChI is InChI=1S/C19H26N4O/c1-3-18-17(12-21-23(18)16-9-5-4-6-10-16)19(24)22-11-7-8-15(13-22)14(2)20/h4-6,9-10,12,14-15H,3,7-8,11,13,20H2,1-2H3. The highest BCUT2D eigenvalue weighted by Gasteiger charge is 2.28. The first kappa shape index (κ1) is 16.7. The second kappa shape index (κ2) is 7.18. The molecule has 1 fully saturated rings. The SMILES string of the molecule is CCc1c(C(=O)N2CCCC(C(C)N)C2)cnn1-c1ccccc1. The van der Waals surface area contributed by atoms with E-state index in [0.29, 0.717) is 11.5 Å². The zero-order valence-corrected chi connectivity index (χ0v) is 14.5. The van der Waals surface area contributed by atoms with Crippen molar-refractivity contribution in [1.29, 1.82) is 0 Å². The second-order valence-corrected chi connectivity index (χ2v) is 6.62. The van der Waals surface area contributed by atoms with E-state index in [1.54, 1.807) is 6.20 Å². The number of nitrogens with zero attached hydrogens (tertiary/aromatic N) is 3. The van der Waals surface area contributed by atoms with Crippen LogP contribution in [0.1, 0.15) is 42.7 Å². The average Bonchev–Trinajstić information content (AvgIpc) is 3.05. The van der Waals surface area contributed by atoms with Crippen LogP contribution in [0, 0.1) is 5.92 Å². The Labute approximate surface area is 143 Å². The molecule has 5 nitrogen and oxygen atoms in total. The van der Waals surface area contributed by atoms with Gasteiger partial charge >= 0.3 is 0 Å². The summed E-state index contributed by atoms with van der Waals surface area (Å²) in [4.78, 5) is 15.0. The lowest BCUT2D eigenvalue weighted by molar-refractivity contribution is 0.0660. The number of amides is 1. The maximum Gasteiger partial charge on any atom is 0.257 e. The number of hydrogen-bond acceptors (Lipinski definition) is 3. The summed E-state index contributed by atoms with van der Waals surface area (Å²) in [6, 6.07) is 10.1. The van der Waals surface area contributed by atoms with Crippen LogP contribution in [-0.2, 0) is 6.42 Å². The van der Waals surface area contributed by atoms with Crippen LogP contribution in [-0.4, -0.2) is 39.7 Å². The second-order valence-electron chi connectivity index (χ2n) is 6.62. The summed E-state index contributed by atoms with van der Waals surface area (Å²) in [7, 11) is 0. The van der Waals surface area contributed by atoms with Crippen LogP contribution in [0.25, 0.3) is 5.69 Å². The first-order valence-electron chi connectivity index (χ1n) is 8.79. The van der Waals surface area contributed by atoms with E-state index in [4.69, 9.17) is 5.73 Å². The zero-order chi connectivity index (χ0) is 17.1. The van der Waals surface area contributed by atoms with Crippen LogP contribution in [0.15, 0.2) is 36.5 Å². The van der Waals surface area contributed by atoms with Crippen molar-refractivity contribution in [3.05, 3.63) is 47.8 Å². The van der Waals surface area contributed by atoms with E-state index >= 15 is 0 Å². The summed E-state index contributed by atoms with van der Waals surface area (Å²) >= 11 is 0. The Morgan fingerprint density at radius 3 is 2.79 bits per heavy atom.